The van der Waals surface area contributed by atoms with Crippen molar-refractivity contribution in [3.05, 3.63) is 53.3 Å². The van der Waals surface area contributed by atoms with Crippen molar-refractivity contribution in [3.63, 3.8) is 0 Å². The minimum Gasteiger partial charge on any atom is -0.493 e. The van der Waals surface area contributed by atoms with E-state index in [0.717, 1.165) is 16.5 Å². The lowest BCUT2D eigenvalue weighted by Crippen LogP contribution is -2.12. The van der Waals surface area contributed by atoms with Crippen LogP contribution in [0.1, 0.15) is 30.6 Å². The number of nitrogens with zero attached hydrogens (tertiary/aromatic N) is 3. The first-order valence-corrected chi connectivity index (χ1v) is 11.0. The number of carbonyl (C=O) groups excluding carboxylic acids is 1. The maximum absolute atomic E-state index is 12.7. The Labute approximate surface area is 191 Å². The average molecular weight is 461 g/mol. The molecule has 0 aliphatic carbocycles. The molecule has 1 aromatic heterocycles. The van der Waals surface area contributed by atoms with Gasteiger partial charge in [-0.1, -0.05) is 25.4 Å². The van der Waals surface area contributed by atoms with Gasteiger partial charge in [0.05, 0.1) is 18.7 Å². The highest BCUT2D eigenvalue weighted by molar-refractivity contribution is 7.99. The molecule has 0 bridgehead atoms. The number of benzene rings is 2. The molecule has 0 atom stereocenters. The molecule has 0 unspecified atom stereocenters. The first kappa shape index (κ1) is 23.0. The van der Waals surface area contributed by atoms with Crippen LogP contribution in [-0.2, 0) is 7.05 Å². The van der Waals surface area contributed by atoms with E-state index < -0.39 is 0 Å². The van der Waals surface area contributed by atoms with Crippen molar-refractivity contribution in [2.24, 2.45) is 13.0 Å². The fraction of sp³-hybridized carbons (Fsp3) is 0.318. The quantitative estimate of drug-likeness (QED) is 0.466. The number of hydrogen-bond acceptors (Lipinski definition) is 6. The Hall–Kier alpha value is -2.71. The van der Waals surface area contributed by atoms with Crippen LogP contribution in [0.5, 0.6) is 11.5 Å². The van der Waals surface area contributed by atoms with Crippen molar-refractivity contribution >= 4 is 35.0 Å². The summed E-state index contributed by atoms with van der Waals surface area (Å²) < 4.78 is 13.0. The lowest BCUT2D eigenvalue weighted by molar-refractivity contribution is 0.102. The Kier molecular flexibility index (Phi) is 7.81. The summed E-state index contributed by atoms with van der Waals surface area (Å²) in [6.45, 7) is 4.77. The second kappa shape index (κ2) is 10.5. The Balaban J connectivity index is 1.68. The van der Waals surface area contributed by atoms with E-state index in [0.29, 0.717) is 40.3 Å². The predicted molar refractivity (Wildman–Crippen MR) is 122 cm³/mol. The monoisotopic (exact) mass is 460 g/mol. The summed E-state index contributed by atoms with van der Waals surface area (Å²) in [6, 6.07) is 10.7. The topological polar surface area (TPSA) is 78.3 Å². The largest absolute Gasteiger partial charge is 0.493 e. The van der Waals surface area contributed by atoms with Crippen molar-refractivity contribution in [2.45, 2.75) is 30.3 Å². The van der Waals surface area contributed by atoms with Crippen LogP contribution in [0.4, 0.5) is 5.69 Å². The van der Waals surface area contributed by atoms with E-state index in [9.17, 15) is 4.79 Å². The standard InChI is InChI=1S/C22H25ClN4O3S/c1-14(2)9-10-30-20-18(23)11-15(12-19(20)29-4)21(28)25-16-5-7-17(8-6-16)31-22-26-24-13-27(22)3/h5-8,11-14H,9-10H2,1-4H3,(H,25,28). The Bertz CT molecular complexity index is 1040. The molecular weight excluding hydrogens is 436 g/mol. The number of aryl methyl sites for hydroxylation is 1. The van der Waals surface area contributed by atoms with Gasteiger partial charge in [-0.3, -0.25) is 4.79 Å². The molecule has 0 radical (unpaired) electrons. The first-order valence-electron chi connectivity index (χ1n) is 9.81. The number of halogens is 1. The van der Waals surface area contributed by atoms with Gasteiger partial charge in [-0.15, -0.1) is 10.2 Å². The number of nitrogens with one attached hydrogen (secondary N) is 1. The van der Waals surface area contributed by atoms with E-state index in [1.165, 1.54) is 18.9 Å². The third-order valence-electron chi connectivity index (χ3n) is 4.42. The summed E-state index contributed by atoms with van der Waals surface area (Å²) in [6.07, 6.45) is 2.55. The number of carbonyl (C=O) groups is 1. The molecule has 2 aromatic carbocycles. The van der Waals surface area contributed by atoms with Gasteiger partial charge >= 0.3 is 0 Å². The third-order valence-corrected chi connectivity index (χ3v) is 5.77. The lowest BCUT2D eigenvalue weighted by atomic mass is 10.1. The first-order chi connectivity index (χ1) is 14.9. The molecule has 0 aliphatic heterocycles. The van der Waals surface area contributed by atoms with Gasteiger partial charge in [0.15, 0.2) is 16.7 Å². The van der Waals surface area contributed by atoms with E-state index in [2.05, 4.69) is 29.4 Å². The summed E-state index contributed by atoms with van der Waals surface area (Å²) >= 11 is 7.87. The smallest absolute Gasteiger partial charge is 0.255 e. The number of amides is 1. The van der Waals surface area contributed by atoms with E-state index in [-0.39, 0.29) is 5.91 Å². The Morgan fingerprint density at radius 2 is 2.00 bits per heavy atom. The van der Waals surface area contributed by atoms with Crippen molar-refractivity contribution in [1.82, 2.24) is 14.8 Å². The maximum Gasteiger partial charge on any atom is 0.255 e. The number of rotatable bonds is 9. The highest BCUT2D eigenvalue weighted by atomic mass is 35.5. The van der Waals surface area contributed by atoms with E-state index >= 15 is 0 Å². The number of anilines is 1. The zero-order valence-corrected chi connectivity index (χ0v) is 19.5. The van der Waals surface area contributed by atoms with Crippen molar-refractivity contribution in [1.29, 1.82) is 0 Å². The molecule has 0 saturated carbocycles. The minimum absolute atomic E-state index is 0.289. The average Bonchev–Trinajstić information content (AvgIpc) is 3.14. The SMILES string of the molecule is COc1cc(C(=O)Nc2ccc(Sc3nncn3C)cc2)cc(Cl)c1OCCC(C)C. The Morgan fingerprint density at radius 3 is 2.61 bits per heavy atom. The third kappa shape index (κ3) is 6.15. The predicted octanol–water partition coefficient (Wildman–Crippen LogP) is 5.31. The Morgan fingerprint density at radius 1 is 1.26 bits per heavy atom. The van der Waals surface area contributed by atoms with Crippen LogP contribution in [0.25, 0.3) is 0 Å². The molecule has 0 aliphatic rings. The highest BCUT2D eigenvalue weighted by Crippen LogP contribution is 2.37. The number of methoxy groups -OCH3 is 1. The fourth-order valence-corrected chi connectivity index (χ4v) is 3.70. The van der Waals surface area contributed by atoms with Crippen LogP contribution in [0.2, 0.25) is 5.02 Å². The van der Waals surface area contributed by atoms with Crippen LogP contribution in [0.3, 0.4) is 0 Å². The molecular formula is C22H25ClN4O3S. The van der Waals surface area contributed by atoms with E-state index in [4.69, 9.17) is 21.1 Å². The van der Waals surface area contributed by atoms with Crippen LogP contribution in [-0.4, -0.2) is 34.4 Å². The normalized spacial score (nSPS) is 10.9. The zero-order valence-electron chi connectivity index (χ0n) is 17.9. The van der Waals surface area contributed by atoms with Gasteiger partial charge < -0.3 is 19.4 Å². The van der Waals surface area contributed by atoms with Crippen LogP contribution < -0.4 is 14.8 Å². The summed E-state index contributed by atoms with van der Waals surface area (Å²) in [5.41, 5.74) is 1.05. The number of hydrogen-bond donors (Lipinski definition) is 1. The van der Waals surface area contributed by atoms with E-state index in [1.807, 2.05) is 35.9 Å². The van der Waals surface area contributed by atoms with Gasteiger partial charge in [-0.05, 0) is 60.5 Å². The molecule has 1 amide bonds. The summed E-state index contributed by atoms with van der Waals surface area (Å²) in [7, 11) is 3.41. The molecule has 0 saturated heterocycles. The lowest BCUT2D eigenvalue weighted by Gasteiger charge is -2.15. The summed E-state index contributed by atoms with van der Waals surface area (Å²) in [4.78, 5) is 13.7. The van der Waals surface area contributed by atoms with Gasteiger partial charge in [0.25, 0.3) is 5.91 Å². The molecule has 164 valence electrons. The van der Waals surface area contributed by atoms with E-state index in [1.54, 1.807) is 18.5 Å². The van der Waals surface area contributed by atoms with Gasteiger partial charge in [0, 0.05) is 23.2 Å². The maximum atomic E-state index is 12.7. The highest BCUT2D eigenvalue weighted by Gasteiger charge is 2.16. The molecule has 0 fully saturated rings. The molecule has 31 heavy (non-hydrogen) atoms. The molecule has 7 nitrogen and oxygen atoms in total. The van der Waals surface area contributed by atoms with Gasteiger partial charge in [0.2, 0.25) is 0 Å². The van der Waals surface area contributed by atoms with Crippen molar-refractivity contribution < 1.29 is 14.3 Å². The van der Waals surface area contributed by atoms with Gasteiger partial charge in [0.1, 0.15) is 6.33 Å². The summed E-state index contributed by atoms with van der Waals surface area (Å²) in [5, 5.41) is 11.9. The molecule has 0 spiro atoms. The fourth-order valence-electron chi connectivity index (χ4n) is 2.67. The molecule has 1 N–H and O–H groups in total. The number of ether oxygens (including phenoxy) is 2. The second-order valence-electron chi connectivity index (χ2n) is 7.33. The molecule has 9 heteroatoms. The van der Waals surface area contributed by atoms with Crippen LogP contribution in [0.15, 0.2) is 52.8 Å². The molecule has 3 rings (SSSR count). The van der Waals surface area contributed by atoms with Crippen molar-refractivity contribution in [2.75, 3.05) is 19.0 Å². The second-order valence-corrected chi connectivity index (χ2v) is 8.77. The zero-order chi connectivity index (χ0) is 22.4. The van der Waals surface area contributed by atoms with Gasteiger partial charge in [-0.2, -0.15) is 0 Å². The number of aromatic nitrogens is 3. The van der Waals surface area contributed by atoms with Crippen LogP contribution in [0, 0.1) is 5.92 Å². The van der Waals surface area contributed by atoms with Gasteiger partial charge in [-0.25, -0.2) is 0 Å². The van der Waals surface area contributed by atoms with Crippen LogP contribution >= 0.6 is 23.4 Å². The minimum atomic E-state index is -0.289. The summed E-state index contributed by atoms with van der Waals surface area (Å²) in [5.74, 6) is 1.10. The molecule has 3 aromatic rings. The van der Waals surface area contributed by atoms with Crippen molar-refractivity contribution in [3.8, 4) is 11.5 Å². The molecule has 1 heterocycles.